The lowest BCUT2D eigenvalue weighted by Crippen LogP contribution is -2.30. The molecule has 0 radical (unpaired) electrons. The van der Waals surface area contributed by atoms with Gasteiger partial charge in [-0.1, -0.05) is 26.8 Å². The Hall–Kier alpha value is -2.14. The Morgan fingerprint density at radius 1 is 1.18 bits per heavy atom. The Labute approximate surface area is 167 Å². The highest BCUT2D eigenvalue weighted by Gasteiger charge is 2.30. The van der Waals surface area contributed by atoms with Crippen molar-refractivity contribution in [2.75, 3.05) is 6.54 Å². The van der Waals surface area contributed by atoms with E-state index in [0.717, 1.165) is 41.1 Å². The Bertz CT molecular complexity index is 805. The highest BCUT2D eigenvalue weighted by Crippen LogP contribution is 2.38. The fourth-order valence-electron chi connectivity index (χ4n) is 3.97. The molecule has 5 heteroatoms. The van der Waals surface area contributed by atoms with Crippen LogP contribution in [0.1, 0.15) is 58.6 Å². The van der Waals surface area contributed by atoms with Gasteiger partial charge in [0.25, 0.3) is 0 Å². The number of rotatable bonds is 7. The van der Waals surface area contributed by atoms with Gasteiger partial charge in [0.15, 0.2) is 0 Å². The highest BCUT2D eigenvalue weighted by molar-refractivity contribution is 5.80. The van der Waals surface area contributed by atoms with Gasteiger partial charge < -0.3 is 15.2 Å². The quantitative estimate of drug-likeness (QED) is 0.672. The molecule has 5 nitrogen and oxygen atoms in total. The van der Waals surface area contributed by atoms with Crippen LogP contribution >= 0.6 is 0 Å². The molecule has 1 fully saturated rings. The maximum atomic E-state index is 10.6. The van der Waals surface area contributed by atoms with Gasteiger partial charge in [-0.3, -0.25) is 9.78 Å². The predicted octanol–water partition coefficient (Wildman–Crippen LogP) is 4.78. The number of ether oxygens (including phenoxy) is 1. The second-order valence-corrected chi connectivity index (χ2v) is 8.94. The highest BCUT2D eigenvalue weighted by atomic mass is 16.5. The van der Waals surface area contributed by atoms with Gasteiger partial charge in [0.2, 0.25) is 0 Å². The van der Waals surface area contributed by atoms with Gasteiger partial charge >= 0.3 is 5.97 Å². The monoisotopic (exact) mass is 384 g/mol. The van der Waals surface area contributed by atoms with Crippen molar-refractivity contribution in [3.63, 3.8) is 0 Å². The number of aromatic nitrogens is 1. The van der Waals surface area contributed by atoms with Crippen LogP contribution in [0.15, 0.2) is 30.3 Å². The fourth-order valence-corrected chi connectivity index (χ4v) is 3.97. The molecule has 1 heterocycles. The summed E-state index contributed by atoms with van der Waals surface area (Å²) in [6.45, 7) is 8.03. The zero-order valence-electron chi connectivity index (χ0n) is 17.2. The van der Waals surface area contributed by atoms with Crippen molar-refractivity contribution in [3.8, 4) is 5.75 Å². The molecule has 0 unspecified atom stereocenters. The molecule has 2 aromatic rings. The molecule has 0 spiro atoms. The number of carboxylic acid groups (broad SMARTS) is 1. The summed E-state index contributed by atoms with van der Waals surface area (Å²) in [5.41, 5.74) is 2.23. The third kappa shape index (κ3) is 5.68. The molecule has 1 aliphatic carbocycles. The molecule has 0 amide bonds. The molecule has 1 saturated carbocycles. The number of carbonyl (C=O) groups is 1. The molecule has 1 aromatic carbocycles. The van der Waals surface area contributed by atoms with E-state index in [1.54, 1.807) is 0 Å². The van der Waals surface area contributed by atoms with E-state index in [4.69, 9.17) is 9.84 Å². The zero-order chi connectivity index (χ0) is 20.1. The van der Waals surface area contributed by atoms with E-state index in [2.05, 4.69) is 43.2 Å². The predicted molar refractivity (Wildman–Crippen MR) is 112 cm³/mol. The van der Waals surface area contributed by atoms with E-state index < -0.39 is 5.97 Å². The van der Waals surface area contributed by atoms with Crippen LogP contribution in [-0.2, 0) is 11.3 Å². The summed E-state index contributed by atoms with van der Waals surface area (Å²) in [4.78, 5) is 15.2. The van der Waals surface area contributed by atoms with Gasteiger partial charge in [0.1, 0.15) is 5.75 Å². The second kappa shape index (κ2) is 8.91. The van der Waals surface area contributed by atoms with Crippen molar-refractivity contribution >= 4 is 16.9 Å². The van der Waals surface area contributed by atoms with Crippen LogP contribution in [0.5, 0.6) is 5.75 Å². The smallest absolute Gasteiger partial charge is 0.304 e. The number of pyridine rings is 1. The van der Waals surface area contributed by atoms with E-state index in [1.165, 1.54) is 12.8 Å². The first-order chi connectivity index (χ1) is 13.3. The van der Waals surface area contributed by atoms with Crippen LogP contribution < -0.4 is 10.1 Å². The lowest BCUT2D eigenvalue weighted by molar-refractivity contribution is -0.136. The summed E-state index contributed by atoms with van der Waals surface area (Å²) in [7, 11) is 0. The molecule has 1 aromatic heterocycles. The van der Waals surface area contributed by atoms with Crippen molar-refractivity contribution in [3.05, 3.63) is 36.0 Å². The van der Waals surface area contributed by atoms with Gasteiger partial charge in [-0.25, -0.2) is 0 Å². The maximum Gasteiger partial charge on any atom is 0.304 e. The maximum absolute atomic E-state index is 10.6. The van der Waals surface area contributed by atoms with Gasteiger partial charge in [-0.2, -0.15) is 0 Å². The molecule has 0 bridgehead atoms. The topological polar surface area (TPSA) is 71.5 Å². The van der Waals surface area contributed by atoms with Crippen LogP contribution in [0.2, 0.25) is 0 Å². The number of benzene rings is 1. The van der Waals surface area contributed by atoms with E-state index in [9.17, 15) is 4.79 Å². The van der Waals surface area contributed by atoms with Gasteiger partial charge in [-0.15, -0.1) is 0 Å². The standard InChI is InChI=1S/C23H32N2O3/c1-23(2,3)17-5-8-19(9-6-17)28-20-10-11-21-16(14-20)4-7-18(25-21)15-24-13-12-22(26)27/h4,7,10-11,14,17,19,24H,5-6,8-9,12-13,15H2,1-3H3,(H,26,27)/t17-,19-. The summed E-state index contributed by atoms with van der Waals surface area (Å²) in [6, 6.07) is 10.1. The Balaban J connectivity index is 1.56. The number of carboxylic acids is 1. The molecular formula is C23H32N2O3. The zero-order valence-corrected chi connectivity index (χ0v) is 17.2. The second-order valence-electron chi connectivity index (χ2n) is 8.94. The number of hydrogen-bond donors (Lipinski definition) is 2. The number of fused-ring (bicyclic) bond motifs is 1. The molecule has 152 valence electrons. The molecule has 28 heavy (non-hydrogen) atoms. The lowest BCUT2D eigenvalue weighted by Gasteiger charge is -2.36. The SMILES string of the molecule is CC(C)(C)[C@H]1CC[C@H](Oc2ccc3nc(CNCCC(=O)O)ccc3c2)CC1. The number of nitrogens with one attached hydrogen (secondary N) is 1. The van der Waals surface area contributed by atoms with Crippen LogP contribution in [0.4, 0.5) is 0 Å². The average Bonchev–Trinajstić information content (AvgIpc) is 2.65. The van der Waals surface area contributed by atoms with E-state index >= 15 is 0 Å². The molecular weight excluding hydrogens is 352 g/mol. The molecule has 1 aliphatic rings. The van der Waals surface area contributed by atoms with Crippen molar-refractivity contribution in [1.29, 1.82) is 0 Å². The molecule has 0 saturated heterocycles. The summed E-state index contributed by atoms with van der Waals surface area (Å²) in [5.74, 6) is 0.912. The van der Waals surface area contributed by atoms with Crippen molar-refractivity contribution < 1.29 is 14.6 Å². The fraction of sp³-hybridized carbons (Fsp3) is 0.565. The van der Waals surface area contributed by atoms with E-state index in [-0.39, 0.29) is 6.42 Å². The Morgan fingerprint density at radius 2 is 1.93 bits per heavy atom. The number of hydrogen-bond acceptors (Lipinski definition) is 4. The van der Waals surface area contributed by atoms with Crippen LogP contribution in [-0.4, -0.2) is 28.7 Å². The first kappa shape index (κ1) is 20.6. The molecule has 0 atom stereocenters. The first-order valence-electron chi connectivity index (χ1n) is 10.3. The normalized spacial score (nSPS) is 20.2. The number of aliphatic carboxylic acids is 1. The molecule has 0 aliphatic heterocycles. The Morgan fingerprint density at radius 3 is 2.61 bits per heavy atom. The van der Waals surface area contributed by atoms with Crippen LogP contribution in [0.3, 0.4) is 0 Å². The molecule has 3 rings (SSSR count). The average molecular weight is 385 g/mol. The summed E-state index contributed by atoms with van der Waals surface area (Å²) < 4.78 is 6.26. The largest absolute Gasteiger partial charge is 0.490 e. The van der Waals surface area contributed by atoms with Crippen molar-refractivity contribution in [2.24, 2.45) is 11.3 Å². The van der Waals surface area contributed by atoms with Crippen molar-refractivity contribution in [2.45, 2.75) is 65.5 Å². The number of nitrogens with zero attached hydrogens (tertiary/aromatic N) is 1. The van der Waals surface area contributed by atoms with Gasteiger partial charge in [0, 0.05) is 18.5 Å². The minimum atomic E-state index is -0.793. The summed E-state index contributed by atoms with van der Waals surface area (Å²) in [6.07, 6.45) is 5.15. The van der Waals surface area contributed by atoms with E-state index in [0.29, 0.717) is 24.6 Å². The van der Waals surface area contributed by atoms with Crippen LogP contribution in [0, 0.1) is 11.3 Å². The van der Waals surface area contributed by atoms with Crippen molar-refractivity contribution in [1.82, 2.24) is 10.3 Å². The molecule has 2 N–H and O–H groups in total. The first-order valence-corrected chi connectivity index (χ1v) is 10.3. The summed E-state index contributed by atoms with van der Waals surface area (Å²) in [5, 5.41) is 12.9. The minimum Gasteiger partial charge on any atom is -0.490 e. The van der Waals surface area contributed by atoms with Crippen LogP contribution in [0.25, 0.3) is 10.9 Å². The van der Waals surface area contributed by atoms with Gasteiger partial charge in [0.05, 0.1) is 23.7 Å². The third-order valence-corrected chi connectivity index (χ3v) is 5.74. The lowest BCUT2D eigenvalue weighted by atomic mass is 9.72. The van der Waals surface area contributed by atoms with Gasteiger partial charge in [-0.05, 0) is 61.3 Å². The minimum absolute atomic E-state index is 0.117. The third-order valence-electron chi connectivity index (χ3n) is 5.74. The Kier molecular flexibility index (Phi) is 6.55. The van der Waals surface area contributed by atoms with E-state index in [1.807, 2.05) is 18.2 Å². The summed E-state index contributed by atoms with van der Waals surface area (Å²) >= 11 is 0.